The van der Waals surface area contributed by atoms with Gasteiger partial charge in [-0.25, -0.2) is 4.79 Å². The molecule has 2 unspecified atom stereocenters. The number of benzene rings is 1. The number of carbonyl (C=O) groups excluding carboxylic acids is 2. The van der Waals surface area contributed by atoms with E-state index in [0.717, 1.165) is 11.1 Å². The van der Waals surface area contributed by atoms with Crippen molar-refractivity contribution in [2.75, 3.05) is 7.05 Å². The Kier molecular flexibility index (Phi) is 2.38. The lowest BCUT2D eigenvalue weighted by Crippen LogP contribution is -2.50. The molecule has 1 N–H and O–H groups in total. The van der Waals surface area contributed by atoms with E-state index in [9.17, 15) is 19.7 Å². The zero-order valence-corrected chi connectivity index (χ0v) is 11.0. The Balaban J connectivity index is 2.10. The van der Waals surface area contributed by atoms with E-state index in [-0.39, 0.29) is 17.5 Å². The number of nitrogens with one attached hydrogen (secondary N) is 1. The summed E-state index contributed by atoms with van der Waals surface area (Å²) in [6.07, 6.45) is 0.305. The molecule has 3 amide bonds. The molecule has 1 heterocycles. The number of nitrogens with zero attached hydrogens (tertiary/aromatic N) is 2. The van der Waals surface area contributed by atoms with Gasteiger partial charge in [-0.3, -0.25) is 20.2 Å². The van der Waals surface area contributed by atoms with E-state index >= 15 is 0 Å². The molecule has 104 valence electrons. The van der Waals surface area contributed by atoms with Crippen LogP contribution in [0.5, 0.6) is 0 Å². The molecular weight excluding hydrogens is 262 g/mol. The number of hydrogen-bond donors (Lipinski definition) is 1. The van der Waals surface area contributed by atoms with Crippen LogP contribution in [0.3, 0.4) is 0 Å². The van der Waals surface area contributed by atoms with Crippen molar-refractivity contribution in [1.29, 1.82) is 0 Å². The summed E-state index contributed by atoms with van der Waals surface area (Å²) in [5.41, 5.74) is 0.672. The normalized spacial score (nSPS) is 27.9. The molecule has 0 aromatic heterocycles. The van der Waals surface area contributed by atoms with Crippen LogP contribution in [0.4, 0.5) is 10.5 Å². The van der Waals surface area contributed by atoms with Crippen LogP contribution in [0.2, 0.25) is 0 Å². The Hall–Kier alpha value is -2.44. The van der Waals surface area contributed by atoms with Gasteiger partial charge >= 0.3 is 6.03 Å². The molecule has 1 fully saturated rings. The number of carbonyl (C=O) groups is 2. The molecule has 1 aliphatic heterocycles. The number of rotatable bonds is 1. The zero-order chi connectivity index (χ0) is 14.7. The van der Waals surface area contributed by atoms with Crippen molar-refractivity contribution in [3.63, 3.8) is 0 Å². The van der Waals surface area contributed by atoms with Gasteiger partial charge in [0.25, 0.3) is 11.6 Å². The highest BCUT2D eigenvalue weighted by Crippen LogP contribution is 2.46. The maximum absolute atomic E-state index is 12.2. The van der Waals surface area contributed by atoms with Crippen LogP contribution in [-0.4, -0.2) is 34.3 Å². The van der Waals surface area contributed by atoms with Crippen molar-refractivity contribution in [1.82, 2.24) is 10.2 Å². The van der Waals surface area contributed by atoms with Crippen LogP contribution in [0.15, 0.2) is 18.2 Å². The SMILES string of the molecule is CC1c2ccc([N+](=O)[O-])cc2CC12C(=O)NC(=O)N2C. The molecule has 7 heteroatoms. The first-order chi connectivity index (χ1) is 9.37. The van der Waals surface area contributed by atoms with Crippen LogP contribution < -0.4 is 5.32 Å². The summed E-state index contributed by atoms with van der Waals surface area (Å²) in [5, 5.41) is 13.2. The predicted molar refractivity (Wildman–Crippen MR) is 69.2 cm³/mol. The number of non-ortho nitro benzene ring substituents is 1. The molecule has 0 radical (unpaired) electrons. The monoisotopic (exact) mass is 275 g/mol. The smallest absolute Gasteiger partial charge is 0.312 e. The number of imide groups is 1. The highest BCUT2D eigenvalue weighted by Gasteiger charge is 2.58. The minimum atomic E-state index is -0.964. The lowest BCUT2D eigenvalue weighted by molar-refractivity contribution is -0.384. The van der Waals surface area contributed by atoms with Crippen LogP contribution in [-0.2, 0) is 11.2 Å². The molecule has 0 bridgehead atoms. The Bertz CT molecular complexity index is 657. The standard InChI is InChI=1S/C13H13N3O4/c1-7-10-4-3-9(16(19)20)5-8(10)6-13(7)11(17)14-12(18)15(13)2/h3-5,7H,6H2,1-2H3,(H,14,17,18). The number of hydrogen-bond acceptors (Lipinski definition) is 4. The van der Waals surface area contributed by atoms with Gasteiger partial charge in [0.15, 0.2) is 0 Å². The number of nitro benzene ring substituents is 1. The fraction of sp³-hybridized carbons (Fsp3) is 0.385. The molecule has 20 heavy (non-hydrogen) atoms. The number of likely N-dealkylation sites (N-methyl/N-ethyl adjacent to an activating group) is 1. The van der Waals surface area contributed by atoms with Crippen LogP contribution in [0.25, 0.3) is 0 Å². The second kappa shape index (κ2) is 3.78. The van der Waals surface area contributed by atoms with Gasteiger partial charge in [-0.05, 0) is 11.1 Å². The molecule has 3 rings (SSSR count). The van der Waals surface area contributed by atoms with Crippen LogP contribution in [0.1, 0.15) is 24.0 Å². The molecule has 7 nitrogen and oxygen atoms in total. The maximum atomic E-state index is 12.2. The fourth-order valence-electron chi connectivity index (χ4n) is 3.29. The summed E-state index contributed by atoms with van der Waals surface area (Å²) in [6.45, 7) is 1.87. The van der Waals surface area contributed by atoms with E-state index in [4.69, 9.17) is 0 Å². The quantitative estimate of drug-likeness (QED) is 0.473. The molecule has 1 saturated heterocycles. The van der Waals surface area contributed by atoms with Gasteiger partial charge in [0.1, 0.15) is 5.54 Å². The third kappa shape index (κ3) is 1.34. The molecular formula is C13H13N3O4. The maximum Gasteiger partial charge on any atom is 0.324 e. The van der Waals surface area contributed by atoms with Gasteiger partial charge in [0.05, 0.1) is 4.92 Å². The zero-order valence-electron chi connectivity index (χ0n) is 11.0. The molecule has 0 saturated carbocycles. The summed E-state index contributed by atoms with van der Waals surface area (Å²) in [4.78, 5) is 35.7. The molecule has 1 aromatic rings. The van der Waals surface area contributed by atoms with Gasteiger partial charge in [0.2, 0.25) is 0 Å². The Morgan fingerprint density at radius 2 is 2.15 bits per heavy atom. The van der Waals surface area contributed by atoms with Crippen molar-refractivity contribution in [3.8, 4) is 0 Å². The average molecular weight is 275 g/mol. The highest BCUT2D eigenvalue weighted by atomic mass is 16.6. The summed E-state index contributed by atoms with van der Waals surface area (Å²) >= 11 is 0. The minimum Gasteiger partial charge on any atom is -0.312 e. The minimum absolute atomic E-state index is 0.000356. The van der Waals surface area contributed by atoms with E-state index in [1.165, 1.54) is 17.0 Å². The average Bonchev–Trinajstić information content (AvgIpc) is 2.81. The second-order valence-corrected chi connectivity index (χ2v) is 5.28. The fourth-order valence-corrected chi connectivity index (χ4v) is 3.29. The number of urea groups is 1. The van der Waals surface area contributed by atoms with Gasteiger partial charge in [0, 0.05) is 31.5 Å². The van der Waals surface area contributed by atoms with Gasteiger partial charge in [-0.2, -0.15) is 0 Å². The van der Waals surface area contributed by atoms with E-state index in [0.29, 0.717) is 6.42 Å². The van der Waals surface area contributed by atoms with Crippen molar-refractivity contribution >= 4 is 17.6 Å². The topological polar surface area (TPSA) is 92.5 Å². The first kappa shape index (κ1) is 12.6. The van der Waals surface area contributed by atoms with Crippen molar-refractivity contribution in [3.05, 3.63) is 39.4 Å². The third-order valence-corrected chi connectivity index (χ3v) is 4.50. The summed E-state index contributed by atoms with van der Waals surface area (Å²) in [6, 6.07) is 4.17. The Morgan fingerprint density at radius 3 is 2.70 bits per heavy atom. The molecule has 2 atom stereocenters. The first-order valence-electron chi connectivity index (χ1n) is 6.24. The Labute approximate surface area is 114 Å². The van der Waals surface area contributed by atoms with Crippen LogP contribution >= 0.6 is 0 Å². The number of fused-ring (bicyclic) bond motifs is 1. The number of amides is 3. The third-order valence-electron chi connectivity index (χ3n) is 4.50. The molecule has 1 aromatic carbocycles. The lowest BCUT2D eigenvalue weighted by Gasteiger charge is -2.32. The first-order valence-corrected chi connectivity index (χ1v) is 6.24. The van der Waals surface area contributed by atoms with Gasteiger partial charge < -0.3 is 4.90 Å². The van der Waals surface area contributed by atoms with E-state index in [1.54, 1.807) is 13.1 Å². The highest BCUT2D eigenvalue weighted by molar-refractivity contribution is 6.08. The van der Waals surface area contributed by atoms with E-state index in [2.05, 4.69) is 5.32 Å². The van der Waals surface area contributed by atoms with Gasteiger partial charge in [-0.1, -0.05) is 13.0 Å². The van der Waals surface area contributed by atoms with Crippen molar-refractivity contribution < 1.29 is 14.5 Å². The number of nitro groups is 1. The summed E-state index contributed by atoms with van der Waals surface area (Å²) in [7, 11) is 1.58. The molecule has 2 aliphatic rings. The molecule has 1 aliphatic carbocycles. The summed E-state index contributed by atoms with van der Waals surface area (Å²) in [5.74, 6) is -0.536. The van der Waals surface area contributed by atoms with Crippen LogP contribution in [0, 0.1) is 10.1 Å². The van der Waals surface area contributed by atoms with Crippen molar-refractivity contribution in [2.24, 2.45) is 0 Å². The largest absolute Gasteiger partial charge is 0.324 e. The second-order valence-electron chi connectivity index (χ2n) is 5.28. The Morgan fingerprint density at radius 1 is 1.45 bits per heavy atom. The van der Waals surface area contributed by atoms with E-state index < -0.39 is 16.5 Å². The predicted octanol–water partition coefficient (Wildman–Crippen LogP) is 1.17. The van der Waals surface area contributed by atoms with Gasteiger partial charge in [-0.15, -0.1) is 0 Å². The summed E-state index contributed by atoms with van der Waals surface area (Å²) < 4.78 is 0. The molecule has 1 spiro atoms. The van der Waals surface area contributed by atoms with E-state index in [1.807, 2.05) is 6.92 Å². The lowest BCUT2D eigenvalue weighted by atomic mass is 9.85. The van der Waals surface area contributed by atoms with Crippen molar-refractivity contribution in [2.45, 2.75) is 24.8 Å².